The van der Waals surface area contributed by atoms with Gasteiger partial charge in [-0.15, -0.1) is 0 Å². The van der Waals surface area contributed by atoms with Gasteiger partial charge in [-0.2, -0.15) is 0 Å². The number of hydrogen-bond donors (Lipinski definition) is 3. The van der Waals surface area contributed by atoms with E-state index in [1.165, 1.54) is 80.7 Å². The number of nitrogens with one attached hydrogen (secondary N) is 1. The first-order chi connectivity index (χ1) is 22.0. The minimum absolute atomic E-state index is 0.0332. The fourth-order valence-electron chi connectivity index (χ4n) is 5.18. The van der Waals surface area contributed by atoms with Crippen molar-refractivity contribution < 1.29 is 38.9 Å². The summed E-state index contributed by atoms with van der Waals surface area (Å²) in [6.07, 6.45) is 2.06. The Balaban J connectivity index is 0.000000275. The number of carboxylic acid groups (broad SMARTS) is 2. The van der Waals surface area contributed by atoms with Crippen molar-refractivity contribution in [2.24, 2.45) is 0 Å². The molecule has 10 heteroatoms. The van der Waals surface area contributed by atoms with Gasteiger partial charge in [0.1, 0.15) is 0 Å². The molecule has 0 saturated carbocycles. The molecule has 4 rings (SSSR count). The number of ether oxygens (including phenoxy) is 2. The summed E-state index contributed by atoms with van der Waals surface area (Å²) in [6, 6.07) is 21.5. The molecule has 10 nitrogen and oxygen atoms in total. The van der Waals surface area contributed by atoms with Gasteiger partial charge in [0.2, 0.25) is 12.2 Å². The molecule has 1 heterocycles. The average Bonchev–Trinajstić information content (AvgIpc) is 3.06. The number of aliphatic carboxylic acids is 2. The lowest BCUT2D eigenvalue weighted by molar-refractivity contribution is -0.166. The predicted molar refractivity (Wildman–Crippen MR) is 175 cm³/mol. The third kappa shape index (κ3) is 10.2. The minimum Gasteiger partial charge on any atom is -0.478 e. The van der Waals surface area contributed by atoms with Crippen LogP contribution in [0.5, 0.6) is 0 Å². The van der Waals surface area contributed by atoms with Gasteiger partial charge >= 0.3 is 23.9 Å². The first kappa shape index (κ1) is 35.8. The van der Waals surface area contributed by atoms with Gasteiger partial charge < -0.3 is 29.9 Å². The van der Waals surface area contributed by atoms with E-state index in [1.807, 2.05) is 0 Å². The van der Waals surface area contributed by atoms with E-state index in [1.54, 1.807) is 38.1 Å². The summed E-state index contributed by atoms with van der Waals surface area (Å²) in [4.78, 5) is 49.9. The highest BCUT2D eigenvalue weighted by Gasteiger charge is 2.41. The van der Waals surface area contributed by atoms with Crippen molar-refractivity contribution in [1.29, 1.82) is 0 Å². The number of nitrogens with zero attached hydrogens (tertiary/aromatic N) is 1. The van der Waals surface area contributed by atoms with E-state index in [9.17, 15) is 29.4 Å². The molecule has 1 saturated heterocycles. The number of rotatable bonds is 12. The standard InChI is InChI=1S/C20H18O8.C16H26N2/c1-11-3-7-13(8-4-11)19(25)27-15(17(21)22)16(18(23)24)28-20(26)14-9-5-12(2)6-10-14;1-3-9-15(17-2)14-10-5-6-11-16(14)18-12-7-4-8-13-18/h3-10,15-16H,1-2H3,(H,21,22)(H,23,24);5-6,10-11,15,17H,3-4,7-9,12-13H2,1-2H3/t15-,16-;/m0./s1. The van der Waals surface area contributed by atoms with Crippen LogP contribution in [-0.2, 0) is 19.1 Å². The molecule has 0 aliphatic carbocycles. The molecule has 0 bridgehead atoms. The van der Waals surface area contributed by atoms with Crippen LogP contribution < -0.4 is 10.2 Å². The van der Waals surface area contributed by atoms with Gasteiger partial charge in [-0.25, -0.2) is 19.2 Å². The SMILES string of the molecule is CCCC(NC)c1ccccc1N1CCCCC1.Cc1ccc(C(=O)O[C@H](C(=O)O)[C@H](OC(=O)c2ccc(C)cc2)C(=O)O)cc1. The maximum atomic E-state index is 12.2. The second kappa shape index (κ2) is 17.7. The molecule has 0 aromatic heterocycles. The van der Waals surface area contributed by atoms with Crippen molar-refractivity contribution in [1.82, 2.24) is 5.32 Å². The average molecular weight is 633 g/mol. The molecule has 3 N–H and O–H groups in total. The molecule has 1 aliphatic heterocycles. The molecule has 246 valence electrons. The summed E-state index contributed by atoms with van der Waals surface area (Å²) in [5.41, 5.74) is 4.72. The summed E-state index contributed by atoms with van der Waals surface area (Å²) >= 11 is 0. The van der Waals surface area contributed by atoms with Crippen molar-refractivity contribution in [3.63, 3.8) is 0 Å². The zero-order chi connectivity index (χ0) is 33.6. The predicted octanol–water partition coefficient (Wildman–Crippen LogP) is 5.96. The molecule has 3 aromatic rings. The Morgan fingerprint density at radius 2 is 1.20 bits per heavy atom. The molecule has 0 radical (unpaired) electrons. The quantitative estimate of drug-likeness (QED) is 0.205. The second-order valence-corrected chi connectivity index (χ2v) is 11.3. The molecule has 1 unspecified atom stereocenters. The van der Waals surface area contributed by atoms with E-state index in [4.69, 9.17) is 9.47 Å². The number of para-hydroxylation sites is 1. The zero-order valence-corrected chi connectivity index (χ0v) is 26.9. The smallest absolute Gasteiger partial charge is 0.349 e. The van der Waals surface area contributed by atoms with Crippen LogP contribution in [0.3, 0.4) is 0 Å². The van der Waals surface area contributed by atoms with E-state index < -0.39 is 36.1 Å². The molecular formula is C36H44N2O8. The molecule has 1 aliphatic rings. The number of carboxylic acids is 2. The Labute approximate surface area is 270 Å². The molecule has 1 fully saturated rings. The van der Waals surface area contributed by atoms with E-state index in [2.05, 4.69) is 48.5 Å². The fourth-order valence-corrected chi connectivity index (χ4v) is 5.18. The largest absolute Gasteiger partial charge is 0.478 e. The number of piperidine rings is 1. The lowest BCUT2D eigenvalue weighted by Crippen LogP contribution is -2.45. The van der Waals surface area contributed by atoms with Crippen LogP contribution in [0.1, 0.15) is 82.5 Å². The topological polar surface area (TPSA) is 142 Å². The lowest BCUT2D eigenvalue weighted by Gasteiger charge is -2.32. The maximum Gasteiger partial charge on any atom is 0.349 e. The molecule has 3 aromatic carbocycles. The normalized spacial score (nSPS) is 14.6. The van der Waals surface area contributed by atoms with Crippen molar-refractivity contribution >= 4 is 29.6 Å². The summed E-state index contributed by atoms with van der Waals surface area (Å²) < 4.78 is 9.64. The maximum absolute atomic E-state index is 12.2. The van der Waals surface area contributed by atoms with Crippen molar-refractivity contribution in [3.05, 3.63) is 101 Å². The zero-order valence-electron chi connectivity index (χ0n) is 26.9. The highest BCUT2D eigenvalue weighted by Crippen LogP contribution is 2.30. The third-order valence-electron chi connectivity index (χ3n) is 7.74. The van der Waals surface area contributed by atoms with Gasteiger partial charge in [0, 0.05) is 24.8 Å². The highest BCUT2D eigenvalue weighted by molar-refractivity contribution is 5.95. The van der Waals surface area contributed by atoms with Crippen LogP contribution in [0, 0.1) is 13.8 Å². The monoisotopic (exact) mass is 632 g/mol. The number of esters is 2. The van der Waals surface area contributed by atoms with Crippen molar-refractivity contribution in [2.45, 2.75) is 71.1 Å². The minimum atomic E-state index is -2.22. The van der Waals surface area contributed by atoms with Crippen molar-refractivity contribution in [3.8, 4) is 0 Å². The Hall–Kier alpha value is -4.70. The molecular weight excluding hydrogens is 588 g/mol. The van der Waals surface area contributed by atoms with Crippen LogP contribution in [0.15, 0.2) is 72.8 Å². The van der Waals surface area contributed by atoms with Gasteiger partial charge in [0.05, 0.1) is 11.1 Å². The van der Waals surface area contributed by atoms with Crippen molar-refractivity contribution in [2.75, 3.05) is 25.0 Å². The van der Waals surface area contributed by atoms with Gasteiger partial charge in [-0.05, 0) is 82.5 Å². The van der Waals surface area contributed by atoms with Crippen LogP contribution in [-0.4, -0.2) is 66.4 Å². The molecule has 0 amide bonds. The van der Waals surface area contributed by atoms with E-state index in [0.29, 0.717) is 6.04 Å². The van der Waals surface area contributed by atoms with Gasteiger partial charge in [0.25, 0.3) is 0 Å². The number of aryl methyl sites for hydroxylation is 2. The van der Waals surface area contributed by atoms with Crippen LogP contribution in [0.25, 0.3) is 0 Å². The number of benzene rings is 3. The Kier molecular flexibility index (Phi) is 13.8. The summed E-state index contributed by atoms with van der Waals surface area (Å²) in [5, 5.41) is 22.1. The van der Waals surface area contributed by atoms with Crippen LogP contribution in [0.2, 0.25) is 0 Å². The highest BCUT2D eigenvalue weighted by atomic mass is 16.6. The van der Waals surface area contributed by atoms with Gasteiger partial charge in [0.15, 0.2) is 0 Å². The molecule has 3 atom stereocenters. The number of carbonyl (C=O) groups excluding carboxylic acids is 2. The summed E-state index contributed by atoms with van der Waals surface area (Å²) in [7, 11) is 2.08. The number of carbonyl (C=O) groups is 4. The van der Waals surface area contributed by atoms with Gasteiger partial charge in [-0.1, -0.05) is 66.9 Å². The fraction of sp³-hybridized carbons (Fsp3) is 0.389. The number of anilines is 1. The first-order valence-corrected chi connectivity index (χ1v) is 15.6. The first-order valence-electron chi connectivity index (χ1n) is 15.6. The third-order valence-corrected chi connectivity index (χ3v) is 7.74. The Morgan fingerprint density at radius 3 is 1.61 bits per heavy atom. The second-order valence-electron chi connectivity index (χ2n) is 11.3. The molecule has 0 spiro atoms. The Morgan fingerprint density at radius 1 is 0.739 bits per heavy atom. The van der Waals surface area contributed by atoms with E-state index in [0.717, 1.165) is 11.1 Å². The van der Waals surface area contributed by atoms with E-state index in [-0.39, 0.29) is 11.1 Å². The molecule has 46 heavy (non-hydrogen) atoms. The Bertz CT molecular complexity index is 1350. The summed E-state index contributed by atoms with van der Waals surface area (Å²) in [5.74, 6) is -5.62. The van der Waals surface area contributed by atoms with Crippen LogP contribution >= 0.6 is 0 Å². The van der Waals surface area contributed by atoms with E-state index >= 15 is 0 Å². The summed E-state index contributed by atoms with van der Waals surface area (Å²) in [6.45, 7) is 8.29. The van der Waals surface area contributed by atoms with Gasteiger partial charge in [-0.3, -0.25) is 0 Å². The number of hydrogen-bond acceptors (Lipinski definition) is 8. The van der Waals surface area contributed by atoms with Crippen LogP contribution in [0.4, 0.5) is 5.69 Å². The lowest BCUT2D eigenvalue weighted by atomic mass is 9.98.